The Labute approximate surface area is 588 Å². The average Bonchev–Trinajstić information content (AvgIpc) is 1.10. The van der Waals surface area contributed by atoms with Crippen LogP contribution >= 0.6 is 0 Å². The molecule has 0 amide bonds. The van der Waals surface area contributed by atoms with Gasteiger partial charge in [-0.1, -0.05) is 41.2 Å². The van der Waals surface area contributed by atoms with E-state index >= 15 is 0 Å². The fraction of sp³-hybridized carbons (Fsp3) is 0.0769. The Bertz CT molecular complexity index is 3930. The van der Waals surface area contributed by atoms with Crippen LogP contribution in [0.15, 0.2) is 182 Å². The number of aromatic hydroxyl groups is 4. The van der Waals surface area contributed by atoms with Crippen molar-refractivity contribution in [3.8, 4) is 46.0 Å². The number of azo groups is 4. The minimum absolute atomic E-state index is 0. The maximum atomic E-state index is 14.6. The van der Waals surface area contributed by atoms with E-state index in [0.29, 0.717) is 0 Å². The molecule has 88 heavy (non-hydrogen) atoms. The topological polar surface area (TPSA) is 490 Å². The fourth-order valence-electron chi connectivity index (χ4n) is 8.45. The van der Waals surface area contributed by atoms with Gasteiger partial charge in [-0.15, -0.1) is 15.3 Å². The second-order valence-corrected chi connectivity index (χ2v) is 24.0. The van der Waals surface area contributed by atoms with Gasteiger partial charge < -0.3 is 40.9 Å². The molecule has 0 saturated carbocycles. The second kappa shape index (κ2) is 29.0. The summed E-state index contributed by atoms with van der Waals surface area (Å²) in [6.07, 6.45) is -2.74. The fourth-order valence-corrected chi connectivity index (χ4v) is 10.4. The van der Waals surface area contributed by atoms with Gasteiger partial charge in [0.15, 0.2) is 5.69 Å². The van der Waals surface area contributed by atoms with Gasteiger partial charge in [-0.05, 0) is 125 Å². The molecule has 9 rings (SSSR count). The zero-order valence-electron chi connectivity index (χ0n) is 46.1. The van der Waals surface area contributed by atoms with Gasteiger partial charge in [0, 0.05) is 47.9 Å². The van der Waals surface area contributed by atoms with Gasteiger partial charge >= 0.3 is 118 Å². The number of phenolic OH excluding ortho intramolecular Hbond substituents is 4. The minimum atomic E-state index is -4.67. The van der Waals surface area contributed by atoms with Gasteiger partial charge in [0.2, 0.25) is 0 Å². The molecule has 28 nitrogen and oxygen atoms in total. The van der Waals surface area contributed by atoms with Crippen LogP contribution in [0.25, 0.3) is 0 Å². The van der Waals surface area contributed by atoms with Crippen molar-refractivity contribution >= 4 is 86.0 Å². The summed E-state index contributed by atoms with van der Waals surface area (Å²) in [6.45, 7) is 0. The number of phenols is 4. The van der Waals surface area contributed by atoms with Gasteiger partial charge in [-0.3, -0.25) is 18.2 Å². The summed E-state index contributed by atoms with van der Waals surface area (Å²) in [5.41, 5.74) is -6.11. The average molecular weight is 1310 g/mol. The van der Waals surface area contributed by atoms with Crippen LogP contribution in [0.1, 0.15) is 44.5 Å². The maximum absolute atomic E-state index is 14.6. The SMILES string of the molecule is O=S(=O)(O)c1ccc(N=Nc2c([O-])c3cc(c2[O-])Cc2cc(c([O-])c(N=Nc4ccc(S(=O)(=O)O)cc4)c2O)Cc2cc(c(O)c(N=Nc4ccc(S(=O)(=O)O)cc4)c2O)Cc2cc(c(O)c(N=Nc4ccc(S(=O)(=O)O)cc4)c2[O-])C3)cc1.[Na+].[Na+].[Na+].[Na+]. The minimum Gasteiger partial charge on any atom is -0.871 e. The van der Waals surface area contributed by atoms with Crippen molar-refractivity contribution in [2.24, 2.45) is 40.9 Å². The third kappa shape index (κ3) is 16.6. The Kier molecular flexibility index (Phi) is 24.0. The first-order valence-corrected chi connectivity index (χ1v) is 29.4. The number of fused-ring (bicyclic) bond motifs is 8. The normalized spacial score (nSPS) is 12.8. The number of nitrogens with zero attached hydrogens (tertiary/aromatic N) is 8. The van der Waals surface area contributed by atoms with E-state index in [-0.39, 0.29) is 185 Å². The molecule has 0 aromatic heterocycles. The van der Waals surface area contributed by atoms with Crippen molar-refractivity contribution in [1.29, 1.82) is 0 Å². The smallest absolute Gasteiger partial charge is 0.871 e. The molecule has 0 aliphatic heterocycles. The Hall–Kier alpha value is -5.80. The molecule has 8 aromatic rings. The van der Waals surface area contributed by atoms with E-state index in [2.05, 4.69) is 40.9 Å². The molecule has 8 aromatic carbocycles. The zero-order valence-corrected chi connectivity index (χ0v) is 57.3. The van der Waals surface area contributed by atoms with Crippen LogP contribution in [0.3, 0.4) is 0 Å². The summed E-state index contributed by atoms with van der Waals surface area (Å²) >= 11 is 0. The summed E-state index contributed by atoms with van der Waals surface area (Å²) in [5, 5.41) is 137. The van der Waals surface area contributed by atoms with Gasteiger partial charge in [0.25, 0.3) is 40.5 Å². The van der Waals surface area contributed by atoms with E-state index in [9.17, 15) is 92.7 Å². The van der Waals surface area contributed by atoms with Crippen LogP contribution in [0.4, 0.5) is 45.5 Å². The molecule has 1 aliphatic rings. The molecule has 0 atom stereocenters. The van der Waals surface area contributed by atoms with E-state index in [0.717, 1.165) is 121 Å². The van der Waals surface area contributed by atoms with Crippen LogP contribution in [0.2, 0.25) is 0 Å². The summed E-state index contributed by atoms with van der Waals surface area (Å²) in [6, 6.07) is 20.8. The van der Waals surface area contributed by atoms with Crippen molar-refractivity contribution < 1.29 is 211 Å². The molecule has 36 heteroatoms. The second-order valence-electron chi connectivity index (χ2n) is 18.3. The van der Waals surface area contributed by atoms with Crippen LogP contribution in [0.5, 0.6) is 46.0 Å². The molecule has 0 saturated heterocycles. The largest absolute Gasteiger partial charge is 1.00 e. The molecule has 0 heterocycles. The molecular formula is C52H36N8Na4O20S4. The van der Waals surface area contributed by atoms with Gasteiger partial charge in [0.1, 0.15) is 34.4 Å². The first-order valence-electron chi connectivity index (χ1n) is 23.6. The van der Waals surface area contributed by atoms with Crippen LogP contribution in [0, 0.1) is 0 Å². The summed E-state index contributed by atoms with van der Waals surface area (Å²) < 4.78 is 132. The number of rotatable bonds is 12. The summed E-state index contributed by atoms with van der Waals surface area (Å²) in [4.78, 5) is -2.13. The maximum Gasteiger partial charge on any atom is 1.00 e. The summed E-state index contributed by atoms with van der Waals surface area (Å²) in [7, 11) is -18.7. The van der Waals surface area contributed by atoms with E-state index in [1.54, 1.807) is 0 Å². The van der Waals surface area contributed by atoms with Crippen molar-refractivity contribution in [2.45, 2.75) is 45.3 Å². The van der Waals surface area contributed by atoms with E-state index in [1.807, 2.05) is 0 Å². The molecule has 8 bridgehead atoms. The standard InChI is InChI=1S/C52H40N8O20S4.4Na/c61-45-25-17-26(46(62)41(45)57-53-33-1-9-37(10-2-33)81(69,70)71)22-28-19-30(50(66)43(48(28)64)59-55-35-5-13-39(14-6-35)83(75,76)77)24-32-20-31(51(67)44(52(32)68)60-56-36-7-15-40(16-8-36)84(78,79)80)23-29-18-27(21-25)47(63)42(49(29)65)58-54-34-3-11-38(12-4-34)82(72,73)74;;;;/h1-20,61-68H,21-24H2,(H,69,70,71)(H,72,73,74)(H,75,76,77)(H,78,79,80);;;;/q;4*+1/p-4. The van der Waals surface area contributed by atoms with E-state index < -0.39 is 154 Å². The molecule has 8 N–H and O–H groups in total. The molecule has 1 aliphatic carbocycles. The Morgan fingerprint density at radius 1 is 0.273 bits per heavy atom. The Morgan fingerprint density at radius 3 is 0.693 bits per heavy atom. The first-order chi connectivity index (χ1) is 39.4. The molecular weight excluding hydrogens is 1280 g/mol. The van der Waals surface area contributed by atoms with Crippen LogP contribution < -0.4 is 139 Å². The Balaban J connectivity index is 0.00000353. The molecule has 0 radical (unpaired) electrons. The monoisotopic (exact) mass is 1310 g/mol. The van der Waals surface area contributed by atoms with E-state index in [4.69, 9.17) is 0 Å². The number of benzene rings is 8. The van der Waals surface area contributed by atoms with Gasteiger partial charge in [0.05, 0.1) is 48.0 Å². The van der Waals surface area contributed by atoms with Crippen molar-refractivity contribution in [1.82, 2.24) is 0 Å². The number of hydrogen-bond acceptors (Lipinski definition) is 24. The zero-order chi connectivity index (χ0) is 60.8. The molecule has 0 spiro atoms. The van der Waals surface area contributed by atoms with Crippen LogP contribution in [-0.4, -0.2) is 72.3 Å². The van der Waals surface area contributed by atoms with Crippen molar-refractivity contribution in [3.63, 3.8) is 0 Å². The predicted octanol–water partition coefficient (Wildman–Crippen LogP) is -3.86. The first kappa shape index (κ1) is 72.9. The van der Waals surface area contributed by atoms with Gasteiger partial charge in [-0.2, -0.15) is 59.2 Å². The van der Waals surface area contributed by atoms with Crippen LogP contribution in [-0.2, 0) is 66.2 Å². The molecule has 0 fully saturated rings. The molecule has 0 unspecified atom stereocenters. The molecule has 432 valence electrons. The summed E-state index contributed by atoms with van der Waals surface area (Å²) in [5.74, 6) is -7.92. The Morgan fingerprint density at radius 2 is 0.455 bits per heavy atom. The quantitative estimate of drug-likeness (QED) is 0.0330. The van der Waals surface area contributed by atoms with E-state index in [1.165, 1.54) is 0 Å². The third-order valence-corrected chi connectivity index (χ3v) is 16.1. The number of hydrogen-bond donors (Lipinski definition) is 8. The van der Waals surface area contributed by atoms with Crippen molar-refractivity contribution in [3.05, 3.63) is 166 Å². The van der Waals surface area contributed by atoms with Crippen molar-refractivity contribution in [2.75, 3.05) is 0 Å². The third-order valence-electron chi connectivity index (χ3n) is 12.7. The van der Waals surface area contributed by atoms with Gasteiger partial charge in [-0.25, -0.2) is 0 Å². The predicted molar refractivity (Wildman–Crippen MR) is 283 cm³/mol.